The molecule has 6 heteroatoms. The highest BCUT2D eigenvalue weighted by Crippen LogP contribution is 1.94. The van der Waals surface area contributed by atoms with Crippen molar-refractivity contribution in [2.24, 2.45) is 5.73 Å². The Balaban J connectivity index is 2.26. The van der Waals surface area contributed by atoms with Crippen LogP contribution in [-0.2, 0) is 17.8 Å². The molecule has 0 aliphatic heterocycles. The smallest absolute Gasteiger partial charge is 0.0962 e. The second-order valence-corrected chi connectivity index (χ2v) is 3.81. The predicted octanol–water partition coefficient (Wildman–Crippen LogP) is 0.0952. The van der Waals surface area contributed by atoms with Crippen LogP contribution >= 0.6 is 0 Å². The molecule has 0 unspecified atom stereocenters. The van der Waals surface area contributed by atoms with E-state index in [1.165, 1.54) is 0 Å². The van der Waals surface area contributed by atoms with Gasteiger partial charge >= 0.3 is 0 Å². The molecule has 0 amide bonds. The Morgan fingerprint density at radius 3 is 2.82 bits per heavy atom. The van der Waals surface area contributed by atoms with Crippen LogP contribution in [-0.4, -0.2) is 52.7 Å². The van der Waals surface area contributed by atoms with E-state index in [0.717, 1.165) is 45.1 Å². The number of nitrogens with two attached hydrogens (primary N) is 1. The molecule has 1 rings (SSSR count). The zero-order chi connectivity index (χ0) is 12.5. The number of nitrogens with zero attached hydrogens (tertiary/aromatic N) is 4. The molecule has 17 heavy (non-hydrogen) atoms. The van der Waals surface area contributed by atoms with Gasteiger partial charge < -0.3 is 10.5 Å². The molecule has 2 N–H and O–H groups in total. The van der Waals surface area contributed by atoms with Gasteiger partial charge in [-0.15, -0.1) is 5.10 Å². The van der Waals surface area contributed by atoms with Crippen molar-refractivity contribution in [2.75, 3.05) is 32.8 Å². The first-order chi connectivity index (χ1) is 8.30. The van der Waals surface area contributed by atoms with Crippen LogP contribution in [0.3, 0.4) is 0 Å². The lowest BCUT2D eigenvalue weighted by atomic mass is 10.4. The van der Waals surface area contributed by atoms with Gasteiger partial charge in [0.15, 0.2) is 0 Å². The molecule has 0 aromatic carbocycles. The summed E-state index contributed by atoms with van der Waals surface area (Å²) in [6, 6.07) is 0. The van der Waals surface area contributed by atoms with E-state index in [4.69, 9.17) is 10.5 Å². The second kappa shape index (κ2) is 8.16. The molecule has 98 valence electrons. The lowest BCUT2D eigenvalue weighted by Gasteiger charge is -2.19. The number of aromatic nitrogens is 3. The van der Waals surface area contributed by atoms with Gasteiger partial charge in [-0.1, -0.05) is 12.1 Å². The molecule has 0 aliphatic carbocycles. The zero-order valence-electron chi connectivity index (χ0n) is 10.8. The molecule has 1 aromatic heterocycles. The number of ether oxygens (including phenoxy) is 1. The first-order valence-electron chi connectivity index (χ1n) is 6.19. The van der Waals surface area contributed by atoms with Crippen LogP contribution in [0.2, 0.25) is 0 Å². The summed E-state index contributed by atoms with van der Waals surface area (Å²) in [7, 11) is 0. The predicted molar refractivity (Wildman–Crippen MR) is 66.5 cm³/mol. The maximum absolute atomic E-state index is 5.48. The highest BCUT2D eigenvalue weighted by molar-refractivity contribution is 4.90. The topological polar surface area (TPSA) is 69.2 Å². The van der Waals surface area contributed by atoms with Crippen molar-refractivity contribution in [1.82, 2.24) is 19.9 Å². The average molecular weight is 241 g/mol. The molecular weight excluding hydrogens is 218 g/mol. The Morgan fingerprint density at radius 2 is 2.24 bits per heavy atom. The molecule has 0 aliphatic rings. The lowest BCUT2D eigenvalue weighted by Crippen LogP contribution is -2.31. The molecule has 6 nitrogen and oxygen atoms in total. The van der Waals surface area contributed by atoms with Crippen LogP contribution in [0.15, 0.2) is 6.20 Å². The van der Waals surface area contributed by atoms with Gasteiger partial charge in [-0.3, -0.25) is 9.58 Å². The summed E-state index contributed by atoms with van der Waals surface area (Å²) in [5, 5.41) is 7.98. The van der Waals surface area contributed by atoms with Crippen molar-refractivity contribution in [3.8, 4) is 0 Å². The summed E-state index contributed by atoms with van der Waals surface area (Å²) in [5.74, 6) is 0. The van der Waals surface area contributed by atoms with Crippen LogP contribution in [0, 0.1) is 0 Å². The minimum atomic E-state index is 0.446. The first kappa shape index (κ1) is 14.1. The molecule has 1 aromatic rings. The van der Waals surface area contributed by atoms with E-state index in [-0.39, 0.29) is 0 Å². The van der Waals surface area contributed by atoms with Crippen LogP contribution in [0.1, 0.15) is 19.5 Å². The number of rotatable bonds is 9. The van der Waals surface area contributed by atoms with Gasteiger partial charge in [-0.05, 0) is 13.5 Å². The van der Waals surface area contributed by atoms with Crippen molar-refractivity contribution in [3.05, 3.63) is 11.9 Å². The van der Waals surface area contributed by atoms with E-state index in [1.807, 2.05) is 17.8 Å². The van der Waals surface area contributed by atoms with Gasteiger partial charge in [0.05, 0.1) is 18.8 Å². The van der Waals surface area contributed by atoms with Gasteiger partial charge in [0.2, 0.25) is 0 Å². The summed E-state index contributed by atoms with van der Waals surface area (Å²) in [5.41, 5.74) is 6.32. The molecule has 0 spiro atoms. The SMILES string of the molecule is CCOCCN(CC)CCn1cc(CN)nn1. The normalized spacial score (nSPS) is 11.3. The molecule has 0 saturated carbocycles. The molecule has 0 atom stereocenters. The number of likely N-dealkylation sites (N-methyl/N-ethyl adjacent to an activating group) is 1. The monoisotopic (exact) mass is 241 g/mol. The highest BCUT2D eigenvalue weighted by atomic mass is 16.5. The van der Waals surface area contributed by atoms with E-state index in [2.05, 4.69) is 22.1 Å². The van der Waals surface area contributed by atoms with E-state index in [1.54, 1.807) is 0 Å². The number of hydrogen-bond donors (Lipinski definition) is 1. The minimum absolute atomic E-state index is 0.446. The third-order valence-electron chi connectivity index (χ3n) is 2.64. The molecule has 1 heterocycles. The zero-order valence-corrected chi connectivity index (χ0v) is 10.8. The van der Waals surface area contributed by atoms with Gasteiger partial charge in [0.25, 0.3) is 0 Å². The standard InChI is InChI=1S/C11H23N5O/c1-3-15(7-8-17-4-2)5-6-16-10-11(9-12)13-14-16/h10H,3-9,12H2,1-2H3. The van der Waals surface area contributed by atoms with Crippen LogP contribution < -0.4 is 5.73 Å². The Kier molecular flexibility index (Phi) is 6.76. The van der Waals surface area contributed by atoms with E-state index < -0.39 is 0 Å². The van der Waals surface area contributed by atoms with Crippen molar-refractivity contribution < 1.29 is 4.74 Å². The van der Waals surface area contributed by atoms with Crippen LogP contribution in [0.4, 0.5) is 0 Å². The fourth-order valence-corrected chi connectivity index (χ4v) is 1.55. The van der Waals surface area contributed by atoms with Gasteiger partial charge in [-0.25, -0.2) is 0 Å². The van der Waals surface area contributed by atoms with Crippen molar-refractivity contribution in [1.29, 1.82) is 0 Å². The van der Waals surface area contributed by atoms with Gasteiger partial charge in [-0.2, -0.15) is 0 Å². The second-order valence-electron chi connectivity index (χ2n) is 3.81. The Bertz CT molecular complexity index is 302. The summed E-state index contributed by atoms with van der Waals surface area (Å²) in [6.45, 7) is 9.95. The molecule has 0 saturated heterocycles. The summed E-state index contributed by atoms with van der Waals surface area (Å²) in [4.78, 5) is 2.33. The largest absolute Gasteiger partial charge is 0.380 e. The third-order valence-corrected chi connectivity index (χ3v) is 2.64. The summed E-state index contributed by atoms with van der Waals surface area (Å²) < 4.78 is 7.19. The van der Waals surface area contributed by atoms with Crippen molar-refractivity contribution in [3.63, 3.8) is 0 Å². The maximum atomic E-state index is 5.48. The fourth-order valence-electron chi connectivity index (χ4n) is 1.55. The van der Waals surface area contributed by atoms with Crippen molar-refractivity contribution in [2.45, 2.75) is 26.9 Å². The van der Waals surface area contributed by atoms with Crippen LogP contribution in [0.5, 0.6) is 0 Å². The van der Waals surface area contributed by atoms with Gasteiger partial charge in [0, 0.05) is 32.4 Å². The quantitative estimate of drug-likeness (QED) is 0.621. The molecule has 0 bridgehead atoms. The minimum Gasteiger partial charge on any atom is -0.380 e. The van der Waals surface area contributed by atoms with E-state index in [0.29, 0.717) is 6.54 Å². The fraction of sp³-hybridized carbons (Fsp3) is 0.818. The van der Waals surface area contributed by atoms with E-state index >= 15 is 0 Å². The number of hydrogen-bond acceptors (Lipinski definition) is 5. The van der Waals surface area contributed by atoms with Crippen LogP contribution in [0.25, 0.3) is 0 Å². The third kappa shape index (κ3) is 5.25. The lowest BCUT2D eigenvalue weighted by molar-refractivity contribution is 0.113. The first-order valence-corrected chi connectivity index (χ1v) is 6.19. The average Bonchev–Trinajstić information content (AvgIpc) is 2.81. The molecule has 0 radical (unpaired) electrons. The summed E-state index contributed by atoms with van der Waals surface area (Å²) >= 11 is 0. The summed E-state index contributed by atoms with van der Waals surface area (Å²) in [6.07, 6.45) is 1.90. The Hall–Kier alpha value is -0.980. The van der Waals surface area contributed by atoms with E-state index in [9.17, 15) is 0 Å². The van der Waals surface area contributed by atoms with Gasteiger partial charge in [0.1, 0.15) is 0 Å². The Labute approximate surface area is 103 Å². The maximum Gasteiger partial charge on any atom is 0.0962 e. The molecular formula is C11H23N5O. The van der Waals surface area contributed by atoms with Crippen molar-refractivity contribution >= 4 is 0 Å². The highest BCUT2D eigenvalue weighted by Gasteiger charge is 2.04. The molecule has 0 fully saturated rings. The Morgan fingerprint density at radius 1 is 1.41 bits per heavy atom.